The van der Waals surface area contributed by atoms with E-state index in [1.165, 1.54) is 9.71 Å². The van der Waals surface area contributed by atoms with Gasteiger partial charge in [-0.2, -0.15) is 4.31 Å². The molecule has 0 bridgehead atoms. The molecule has 1 fully saturated rings. The second-order valence-corrected chi connectivity index (χ2v) is 8.60. The van der Waals surface area contributed by atoms with Gasteiger partial charge in [-0.25, -0.2) is 8.42 Å². The maximum Gasteiger partial charge on any atom is 0.236 e. The van der Waals surface area contributed by atoms with E-state index in [1.807, 2.05) is 59.5 Å². The fourth-order valence-corrected chi connectivity index (χ4v) is 4.30. The van der Waals surface area contributed by atoms with Gasteiger partial charge in [-0.1, -0.05) is 30.3 Å². The second kappa shape index (κ2) is 9.02. The lowest BCUT2D eigenvalue weighted by Gasteiger charge is -2.33. The van der Waals surface area contributed by atoms with Crippen molar-refractivity contribution in [2.75, 3.05) is 36.4 Å². The first-order valence-corrected chi connectivity index (χ1v) is 11.1. The lowest BCUT2D eigenvalue weighted by Crippen LogP contribution is -2.48. The molecule has 3 heterocycles. The average Bonchev–Trinajstić information content (AvgIpc) is 2.80. The summed E-state index contributed by atoms with van der Waals surface area (Å²) in [6.45, 7) is 1.93. The van der Waals surface area contributed by atoms with Crippen molar-refractivity contribution in [3.8, 4) is 0 Å². The van der Waals surface area contributed by atoms with Crippen molar-refractivity contribution in [2.24, 2.45) is 0 Å². The van der Waals surface area contributed by atoms with Gasteiger partial charge in [-0.15, -0.1) is 10.2 Å². The average molecular weight is 423 g/mol. The molecule has 1 saturated heterocycles. The number of anilines is 3. The molecule has 2 aromatic heterocycles. The summed E-state index contributed by atoms with van der Waals surface area (Å²) in [6, 6.07) is 16.8. The van der Waals surface area contributed by atoms with Crippen LogP contribution in [0.25, 0.3) is 6.08 Å². The molecule has 8 nitrogen and oxygen atoms in total. The van der Waals surface area contributed by atoms with Crippen LogP contribution in [0.1, 0.15) is 5.56 Å². The summed E-state index contributed by atoms with van der Waals surface area (Å²) in [4.78, 5) is 6.02. The number of nitrogens with zero attached hydrogens (tertiary/aromatic N) is 5. The highest BCUT2D eigenvalue weighted by atomic mass is 32.2. The number of nitrogens with one attached hydrogen (secondary N) is 1. The van der Waals surface area contributed by atoms with Crippen LogP contribution in [0.2, 0.25) is 0 Å². The highest BCUT2D eigenvalue weighted by molar-refractivity contribution is 7.92. The van der Waals surface area contributed by atoms with Crippen molar-refractivity contribution in [3.63, 3.8) is 0 Å². The summed E-state index contributed by atoms with van der Waals surface area (Å²) < 4.78 is 26.7. The van der Waals surface area contributed by atoms with Gasteiger partial charge in [0.1, 0.15) is 0 Å². The third-order valence-corrected chi connectivity index (χ3v) is 6.32. The van der Waals surface area contributed by atoms with E-state index in [0.29, 0.717) is 32.0 Å². The van der Waals surface area contributed by atoms with Crippen molar-refractivity contribution in [1.29, 1.82) is 0 Å². The van der Waals surface area contributed by atoms with E-state index < -0.39 is 10.0 Å². The third kappa shape index (κ3) is 5.00. The van der Waals surface area contributed by atoms with Crippen LogP contribution in [0.4, 0.5) is 17.3 Å². The second-order valence-electron chi connectivity index (χ2n) is 6.78. The first-order valence-electron chi connectivity index (χ1n) is 9.59. The maximum atomic E-state index is 12.6. The molecule has 0 radical (unpaired) electrons. The van der Waals surface area contributed by atoms with Gasteiger partial charge in [0.15, 0.2) is 11.6 Å². The highest BCUT2D eigenvalue weighted by Gasteiger charge is 2.25. The van der Waals surface area contributed by atoms with Crippen LogP contribution in [-0.2, 0) is 10.0 Å². The monoisotopic (exact) mass is 422 g/mol. The zero-order valence-corrected chi connectivity index (χ0v) is 17.1. The fourth-order valence-electron chi connectivity index (χ4n) is 3.13. The number of piperazine rings is 1. The molecule has 0 aliphatic carbocycles. The van der Waals surface area contributed by atoms with Crippen LogP contribution < -0.4 is 10.2 Å². The largest absolute Gasteiger partial charge is 0.352 e. The minimum atomic E-state index is -3.45. The molecule has 30 heavy (non-hydrogen) atoms. The van der Waals surface area contributed by atoms with Crippen LogP contribution in [-0.4, -0.2) is 54.1 Å². The van der Waals surface area contributed by atoms with Gasteiger partial charge in [0.25, 0.3) is 0 Å². The Bertz CT molecular complexity index is 1080. The number of pyridine rings is 1. The number of hydrogen-bond donors (Lipinski definition) is 1. The molecular formula is C21H22N6O2S. The highest BCUT2D eigenvalue weighted by Crippen LogP contribution is 2.18. The Balaban J connectivity index is 1.34. The quantitative estimate of drug-likeness (QED) is 0.653. The van der Waals surface area contributed by atoms with Crippen LogP contribution in [0.3, 0.4) is 0 Å². The first-order chi connectivity index (χ1) is 14.6. The van der Waals surface area contributed by atoms with Gasteiger partial charge in [0, 0.05) is 49.7 Å². The molecular weight excluding hydrogens is 400 g/mol. The summed E-state index contributed by atoms with van der Waals surface area (Å²) in [5.74, 6) is 1.37. The lowest BCUT2D eigenvalue weighted by molar-refractivity contribution is 0.388. The van der Waals surface area contributed by atoms with E-state index in [0.717, 1.165) is 17.1 Å². The zero-order valence-electron chi connectivity index (χ0n) is 16.3. The van der Waals surface area contributed by atoms with Crippen molar-refractivity contribution >= 4 is 33.4 Å². The van der Waals surface area contributed by atoms with Crippen molar-refractivity contribution < 1.29 is 8.42 Å². The van der Waals surface area contributed by atoms with Gasteiger partial charge in [-0.3, -0.25) is 4.98 Å². The summed E-state index contributed by atoms with van der Waals surface area (Å²) in [7, 11) is -3.45. The summed E-state index contributed by atoms with van der Waals surface area (Å²) in [5, 5.41) is 12.9. The third-order valence-electron chi connectivity index (χ3n) is 4.76. The number of sulfonamides is 1. The molecule has 4 rings (SSSR count). The molecule has 0 spiro atoms. The fraction of sp³-hybridized carbons (Fsp3) is 0.190. The van der Waals surface area contributed by atoms with Crippen LogP contribution in [0, 0.1) is 0 Å². The molecule has 0 amide bonds. The number of hydrogen-bond acceptors (Lipinski definition) is 7. The molecule has 1 N–H and O–H groups in total. The SMILES string of the molecule is O=S(=O)(/C=C/c1ccccc1)N1CCN(c2ccc(Nc3ccncc3)nn2)CC1. The Hall–Kier alpha value is -3.30. The van der Waals surface area contributed by atoms with Gasteiger partial charge < -0.3 is 10.2 Å². The molecule has 1 aliphatic rings. The number of rotatable bonds is 6. The number of benzene rings is 1. The van der Waals surface area contributed by atoms with E-state index in [-0.39, 0.29) is 0 Å². The molecule has 3 aromatic rings. The Morgan fingerprint density at radius 2 is 1.60 bits per heavy atom. The molecule has 0 unspecified atom stereocenters. The van der Waals surface area contributed by atoms with E-state index in [4.69, 9.17) is 0 Å². The molecule has 1 aliphatic heterocycles. The molecule has 1 aromatic carbocycles. The van der Waals surface area contributed by atoms with E-state index in [2.05, 4.69) is 20.5 Å². The van der Waals surface area contributed by atoms with E-state index >= 15 is 0 Å². The minimum absolute atomic E-state index is 0.403. The van der Waals surface area contributed by atoms with Gasteiger partial charge >= 0.3 is 0 Å². The Kier molecular flexibility index (Phi) is 6.01. The van der Waals surface area contributed by atoms with Crippen LogP contribution in [0.15, 0.2) is 72.4 Å². The molecule has 0 atom stereocenters. The Morgan fingerprint density at radius 3 is 2.27 bits per heavy atom. The lowest BCUT2D eigenvalue weighted by atomic mass is 10.2. The smallest absolute Gasteiger partial charge is 0.236 e. The van der Waals surface area contributed by atoms with Crippen LogP contribution in [0.5, 0.6) is 0 Å². The normalized spacial score (nSPS) is 15.4. The van der Waals surface area contributed by atoms with E-state index in [9.17, 15) is 8.42 Å². The summed E-state index contributed by atoms with van der Waals surface area (Å²) in [5.41, 5.74) is 1.74. The summed E-state index contributed by atoms with van der Waals surface area (Å²) in [6.07, 6.45) is 5.03. The minimum Gasteiger partial charge on any atom is -0.352 e. The van der Waals surface area contributed by atoms with E-state index in [1.54, 1.807) is 18.5 Å². The van der Waals surface area contributed by atoms with Crippen molar-refractivity contribution in [3.05, 3.63) is 78.0 Å². The topological polar surface area (TPSA) is 91.3 Å². The molecule has 0 saturated carbocycles. The molecule has 154 valence electrons. The Morgan fingerprint density at radius 1 is 0.867 bits per heavy atom. The maximum absolute atomic E-state index is 12.6. The zero-order chi connectivity index (χ0) is 20.8. The number of aromatic nitrogens is 3. The predicted molar refractivity (Wildman–Crippen MR) is 118 cm³/mol. The summed E-state index contributed by atoms with van der Waals surface area (Å²) >= 11 is 0. The predicted octanol–water partition coefficient (Wildman–Crippen LogP) is 2.74. The van der Waals surface area contributed by atoms with Crippen molar-refractivity contribution in [2.45, 2.75) is 0 Å². The molecule has 9 heteroatoms. The van der Waals surface area contributed by atoms with Gasteiger partial charge in [0.2, 0.25) is 10.0 Å². The van der Waals surface area contributed by atoms with Crippen LogP contribution >= 0.6 is 0 Å². The standard InChI is InChI=1S/C21H22N6O2S/c28-30(29,17-10-18-4-2-1-3-5-18)27-15-13-26(14-16-27)21-7-6-20(24-25-21)23-19-8-11-22-12-9-19/h1-12,17H,13-16H2,(H,22,23,24)/b17-10+. The van der Waals surface area contributed by atoms with Crippen molar-refractivity contribution in [1.82, 2.24) is 19.5 Å². The van der Waals surface area contributed by atoms with Gasteiger partial charge in [-0.05, 0) is 35.9 Å². The van der Waals surface area contributed by atoms with Gasteiger partial charge in [0.05, 0.1) is 0 Å². The Labute approximate surface area is 175 Å². The first kappa shape index (κ1) is 20.0.